The predicted octanol–water partition coefficient (Wildman–Crippen LogP) is 6.32. The summed E-state index contributed by atoms with van der Waals surface area (Å²) in [5.41, 5.74) is 4.53. The highest BCUT2D eigenvalue weighted by atomic mass is 32.2. The van der Waals surface area contributed by atoms with Crippen molar-refractivity contribution < 1.29 is 17.9 Å². The largest absolute Gasteiger partial charge is 0.475 e. The van der Waals surface area contributed by atoms with Gasteiger partial charge in [0, 0.05) is 30.3 Å². The van der Waals surface area contributed by atoms with Gasteiger partial charge in [-0.05, 0) is 93.5 Å². The number of rotatable bonds is 8. The minimum atomic E-state index is -4.16. The van der Waals surface area contributed by atoms with E-state index in [4.69, 9.17) is 9.72 Å². The van der Waals surface area contributed by atoms with Crippen LogP contribution >= 0.6 is 0 Å². The van der Waals surface area contributed by atoms with Crippen LogP contribution in [0.5, 0.6) is 5.88 Å². The average molecular weight is 682 g/mol. The fourth-order valence-corrected chi connectivity index (χ4v) is 7.65. The highest BCUT2D eigenvalue weighted by Crippen LogP contribution is 2.49. The van der Waals surface area contributed by atoms with Gasteiger partial charge in [0.25, 0.3) is 15.9 Å². The number of nitrogens with one attached hydrogen (secondary N) is 1. The molecule has 1 amide bonds. The number of ether oxygens (including phenoxy) is 1. The summed E-state index contributed by atoms with van der Waals surface area (Å²) in [6.45, 7) is 6.58. The number of sulfonamides is 1. The van der Waals surface area contributed by atoms with E-state index in [1.165, 1.54) is 18.6 Å². The number of hydrogen-bond acceptors (Lipinski definition) is 9. The summed E-state index contributed by atoms with van der Waals surface area (Å²) >= 11 is 0. The van der Waals surface area contributed by atoms with E-state index in [0.717, 1.165) is 54.6 Å². The van der Waals surface area contributed by atoms with Gasteiger partial charge in [0.05, 0.1) is 41.3 Å². The van der Waals surface area contributed by atoms with E-state index in [9.17, 15) is 13.2 Å². The minimum Gasteiger partial charge on any atom is -0.475 e. The predicted molar refractivity (Wildman–Crippen MR) is 188 cm³/mol. The second-order valence-electron chi connectivity index (χ2n) is 14.1. The van der Waals surface area contributed by atoms with E-state index in [2.05, 4.69) is 31.5 Å². The molecule has 49 heavy (non-hydrogen) atoms. The van der Waals surface area contributed by atoms with Gasteiger partial charge in [0.2, 0.25) is 11.8 Å². The molecule has 1 unspecified atom stereocenters. The van der Waals surface area contributed by atoms with Gasteiger partial charge in [0.1, 0.15) is 12.4 Å². The number of benzene rings is 2. The van der Waals surface area contributed by atoms with E-state index >= 15 is 0 Å². The second-order valence-corrected chi connectivity index (χ2v) is 15.8. The van der Waals surface area contributed by atoms with Gasteiger partial charge in [-0.2, -0.15) is 4.98 Å². The van der Waals surface area contributed by atoms with Crippen LogP contribution in [0.15, 0.2) is 65.8 Å². The summed E-state index contributed by atoms with van der Waals surface area (Å²) in [6.07, 6.45) is 10.8. The summed E-state index contributed by atoms with van der Waals surface area (Å²) in [5, 5.41) is 0. The quantitative estimate of drug-likeness (QED) is 0.227. The van der Waals surface area contributed by atoms with Crippen LogP contribution in [0.25, 0.3) is 11.3 Å². The monoisotopic (exact) mass is 681 g/mol. The summed E-state index contributed by atoms with van der Waals surface area (Å²) in [5.74, 6) is 0.577. The zero-order valence-electron chi connectivity index (χ0n) is 28.5. The van der Waals surface area contributed by atoms with Crippen molar-refractivity contribution in [2.24, 2.45) is 5.41 Å². The maximum atomic E-state index is 14.5. The maximum Gasteiger partial charge on any atom is 0.264 e. The van der Waals surface area contributed by atoms with E-state index in [0.29, 0.717) is 23.9 Å². The lowest BCUT2D eigenvalue weighted by Gasteiger charge is -2.36. The molecule has 0 saturated heterocycles. The Labute approximate surface area is 288 Å². The Morgan fingerprint density at radius 1 is 1.02 bits per heavy atom. The minimum absolute atomic E-state index is 0.0629. The molecule has 1 N–H and O–H groups in total. The third-order valence-electron chi connectivity index (χ3n) is 10.4. The molecule has 3 aliphatic rings. The van der Waals surface area contributed by atoms with Crippen molar-refractivity contribution in [3.05, 3.63) is 83.3 Å². The number of carbonyl (C=O) groups excluding carboxylic acids is 1. The molecule has 2 saturated carbocycles. The highest BCUT2D eigenvalue weighted by Gasteiger charge is 2.39. The zero-order chi connectivity index (χ0) is 34.3. The molecule has 4 bridgehead atoms. The Bertz CT molecular complexity index is 1970. The molecule has 2 fully saturated rings. The van der Waals surface area contributed by atoms with Crippen LogP contribution in [-0.4, -0.2) is 64.9 Å². The molecular weight excluding hydrogens is 639 g/mol. The average Bonchev–Trinajstić information content (AvgIpc) is 3.79. The van der Waals surface area contributed by atoms with Crippen LogP contribution in [0.3, 0.4) is 0 Å². The van der Waals surface area contributed by atoms with Crippen molar-refractivity contribution in [3.8, 4) is 17.1 Å². The topological polar surface area (TPSA) is 131 Å². The number of nitrogens with zero attached hydrogens (tertiary/aromatic N) is 6. The Kier molecular flexibility index (Phi) is 8.76. The molecule has 12 heteroatoms. The molecular formula is C37H43N7O4S. The molecule has 256 valence electrons. The highest BCUT2D eigenvalue weighted by molar-refractivity contribution is 7.92. The van der Waals surface area contributed by atoms with Crippen molar-refractivity contribution >= 4 is 27.7 Å². The van der Waals surface area contributed by atoms with Crippen LogP contribution in [0.2, 0.25) is 0 Å². The fourth-order valence-electron chi connectivity index (χ4n) is 6.66. The van der Waals surface area contributed by atoms with Gasteiger partial charge in [0.15, 0.2) is 0 Å². The summed E-state index contributed by atoms with van der Waals surface area (Å²) in [6, 6.07) is 13.9. The number of anilines is 2. The third kappa shape index (κ3) is 7.10. The molecule has 1 atom stereocenters. The molecule has 1 aliphatic heterocycles. The summed E-state index contributed by atoms with van der Waals surface area (Å²) in [4.78, 5) is 37.0. The van der Waals surface area contributed by atoms with Gasteiger partial charge < -0.3 is 14.5 Å². The van der Waals surface area contributed by atoms with Crippen LogP contribution in [0.4, 0.5) is 11.8 Å². The Morgan fingerprint density at radius 2 is 1.78 bits per heavy atom. The van der Waals surface area contributed by atoms with Crippen LogP contribution < -0.4 is 14.4 Å². The van der Waals surface area contributed by atoms with Crippen LogP contribution in [-0.2, 0) is 16.6 Å². The fraction of sp³-hybridized carbons (Fsp3) is 0.432. The number of aromatic nitrogens is 4. The molecule has 3 heterocycles. The van der Waals surface area contributed by atoms with Gasteiger partial charge in [-0.25, -0.2) is 23.1 Å². The lowest BCUT2D eigenvalue weighted by Crippen LogP contribution is -2.44. The normalized spacial score (nSPS) is 19.7. The lowest BCUT2D eigenvalue weighted by atomic mass is 9.92. The van der Waals surface area contributed by atoms with Crippen molar-refractivity contribution in [2.45, 2.75) is 89.2 Å². The molecule has 4 aromatic rings. The number of hydrogen-bond donors (Lipinski definition) is 1. The standard InChI is InChI=1S/C37H43N7O4S/c1-24-8-5-9-25(2)34(24)31-19-33-41-36(40-31)42-49(46,47)30-13-6-10-26(18-30)35(45)44(29(23-48-33)14-15-37(3)16-17-37)22-27-20-38-21-32(39-27)43(4)28-11-7-12-28/h5-6,8-10,13,18-21,28-29H,7,11-12,14-17,22-23H2,1-4H3,(H,40,41,42). The Morgan fingerprint density at radius 3 is 2.49 bits per heavy atom. The van der Waals surface area contributed by atoms with Gasteiger partial charge >= 0.3 is 0 Å². The van der Waals surface area contributed by atoms with Crippen molar-refractivity contribution in [1.82, 2.24) is 24.8 Å². The number of amides is 1. The molecule has 11 nitrogen and oxygen atoms in total. The first-order valence-corrected chi connectivity index (χ1v) is 18.5. The lowest BCUT2D eigenvalue weighted by molar-refractivity contribution is 0.0557. The van der Waals surface area contributed by atoms with E-state index < -0.39 is 10.0 Å². The molecule has 0 spiro atoms. The third-order valence-corrected chi connectivity index (χ3v) is 11.7. The first-order valence-electron chi connectivity index (χ1n) is 17.0. The summed E-state index contributed by atoms with van der Waals surface area (Å²) < 4.78 is 36.4. The number of aryl methyl sites for hydroxylation is 2. The van der Waals surface area contributed by atoms with Crippen molar-refractivity contribution in [1.29, 1.82) is 0 Å². The van der Waals surface area contributed by atoms with Crippen molar-refractivity contribution in [2.75, 3.05) is 23.3 Å². The van der Waals surface area contributed by atoms with E-state index in [1.54, 1.807) is 35.5 Å². The number of carbonyl (C=O) groups is 1. The smallest absolute Gasteiger partial charge is 0.264 e. The molecule has 0 radical (unpaired) electrons. The van der Waals surface area contributed by atoms with Gasteiger partial charge in [-0.1, -0.05) is 31.2 Å². The zero-order valence-corrected chi connectivity index (χ0v) is 29.3. The molecule has 2 aromatic carbocycles. The Hall–Kier alpha value is -4.58. The first-order chi connectivity index (χ1) is 23.5. The van der Waals surface area contributed by atoms with Gasteiger partial charge in [-0.3, -0.25) is 9.78 Å². The van der Waals surface area contributed by atoms with E-state index in [1.807, 2.05) is 39.1 Å². The van der Waals surface area contributed by atoms with Gasteiger partial charge in [-0.15, -0.1) is 0 Å². The summed E-state index contributed by atoms with van der Waals surface area (Å²) in [7, 11) is -2.12. The second kappa shape index (κ2) is 13.0. The van der Waals surface area contributed by atoms with Crippen LogP contribution in [0, 0.1) is 19.3 Å². The Balaban J connectivity index is 1.31. The maximum absolute atomic E-state index is 14.5. The van der Waals surface area contributed by atoms with Crippen LogP contribution in [0.1, 0.15) is 79.0 Å². The molecule has 2 aromatic heterocycles. The molecule has 2 aliphatic carbocycles. The number of fused-ring (bicyclic) bond motifs is 4. The van der Waals surface area contributed by atoms with Crippen molar-refractivity contribution in [3.63, 3.8) is 0 Å². The van der Waals surface area contributed by atoms with E-state index in [-0.39, 0.29) is 52.8 Å². The first kappa shape index (κ1) is 32.9. The molecule has 7 rings (SSSR count). The SMILES string of the molecule is Cc1cccc(C)c1-c1cc2nc(n1)NS(=O)(=O)c1cccc(c1)C(=O)N(Cc1cncc(N(C)C3CCC3)n1)C(CCC1(C)CC1)CO2.